The normalized spacial score (nSPS) is 20.6. The molecule has 0 aliphatic carbocycles. The number of rotatable bonds is 7. The van der Waals surface area contributed by atoms with Crippen LogP contribution in [0.4, 0.5) is 0 Å². The van der Waals surface area contributed by atoms with E-state index in [1.165, 1.54) is 12.8 Å². The number of nitrogens with zero attached hydrogens (tertiary/aromatic N) is 1. The zero-order valence-corrected chi connectivity index (χ0v) is 13.6. The molecule has 2 atom stereocenters. The summed E-state index contributed by atoms with van der Waals surface area (Å²) in [5, 5.41) is 10.1. The summed E-state index contributed by atoms with van der Waals surface area (Å²) in [6.45, 7) is 7.18. The number of likely N-dealkylation sites (tertiary alicyclic amines) is 1. The molecule has 1 aliphatic heterocycles. The molecule has 0 aromatic heterocycles. The highest BCUT2D eigenvalue weighted by Gasteiger charge is 2.19. The lowest BCUT2D eigenvalue weighted by Crippen LogP contribution is -2.41. The Hall–Kier alpha value is -1.39. The average molecular weight is 305 g/mol. The number of aliphatic hydroxyl groups is 1. The minimum atomic E-state index is -0.484. The van der Waals surface area contributed by atoms with Crippen molar-refractivity contribution in [1.82, 2.24) is 4.90 Å². The Morgan fingerprint density at radius 2 is 2.14 bits per heavy atom. The number of hydrogen-bond donors (Lipinski definition) is 1. The van der Waals surface area contributed by atoms with Crippen LogP contribution in [0.1, 0.15) is 43.5 Å². The van der Waals surface area contributed by atoms with Gasteiger partial charge in [-0.05, 0) is 49.6 Å². The first-order valence-corrected chi connectivity index (χ1v) is 8.25. The topological polar surface area (TPSA) is 49.8 Å². The van der Waals surface area contributed by atoms with Crippen molar-refractivity contribution in [2.24, 2.45) is 5.92 Å². The molecule has 2 unspecified atom stereocenters. The van der Waals surface area contributed by atoms with Crippen LogP contribution in [-0.2, 0) is 0 Å². The molecule has 0 amide bonds. The largest absolute Gasteiger partial charge is 0.491 e. The highest BCUT2D eigenvalue weighted by molar-refractivity contribution is 5.95. The molecule has 1 saturated heterocycles. The third kappa shape index (κ3) is 5.11. The molecule has 22 heavy (non-hydrogen) atoms. The molecule has 1 aromatic rings. The number of ketones is 1. The molecule has 1 heterocycles. The summed E-state index contributed by atoms with van der Waals surface area (Å²) in [6.07, 6.45) is 2.52. The van der Waals surface area contributed by atoms with E-state index in [1.807, 2.05) is 6.92 Å². The van der Waals surface area contributed by atoms with Gasteiger partial charge in [-0.3, -0.25) is 4.79 Å². The van der Waals surface area contributed by atoms with Gasteiger partial charge in [0.15, 0.2) is 5.78 Å². The monoisotopic (exact) mass is 305 g/mol. The molecular weight excluding hydrogens is 278 g/mol. The van der Waals surface area contributed by atoms with Crippen molar-refractivity contribution in [1.29, 1.82) is 0 Å². The molecule has 4 heteroatoms. The number of β-amino-alcohol motifs (C(OH)–C–C–N with tert-alkyl or cyclic N) is 1. The van der Waals surface area contributed by atoms with Crippen molar-refractivity contribution in [2.45, 2.75) is 39.2 Å². The Labute approximate surface area is 133 Å². The van der Waals surface area contributed by atoms with Crippen LogP contribution in [0.25, 0.3) is 0 Å². The maximum Gasteiger partial charge on any atom is 0.162 e. The SMILES string of the molecule is CCC(=O)c1ccc(OCC(O)CN2CCCC(C)C2)cc1. The van der Waals surface area contributed by atoms with Crippen molar-refractivity contribution in [3.8, 4) is 5.75 Å². The predicted molar refractivity (Wildman–Crippen MR) is 87.4 cm³/mol. The second kappa shape index (κ2) is 8.30. The summed E-state index contributed by atoms with van der Waals surface area (Å²) in [7, 11) is 0. The fraction of sp³-hybridized carbons (Fsp3) is 0.611. The first-order valence-electron chi connectivity index (χ1n) is 8.25. The van der Waals surface area contributed by atoms with E-state index in [4.69, 9.17) is 4.74 Å². The molecule has 0 bridgehead atoms. The number of benzene rings is 1. The minimum Gasteiger partial charge on any atom is -0.491 e. The number of carbonyl (C=O) groups is 1. The summed E-state index contributed by atoms with van der Waals surface area (Å²) in [4.78, 5) is 13.9. The smallest absolute Gasteiger partial charge is 0.162 e. The number of ether oxygens (including phenoxy) is 1. The van der Waals surface area contributed by atoms with E-state index in [2.05, 4.69) is 11.8 Å². The number of piperidine rings is 1. The fourth-order valence-corrected chi connectivity index (χ4v) is 2.94. The Bertz CT molecular complexity index is 472. The van der Waals surface area contributed by atoms with E-state index in [9.17, 15) is 9.90 Å². The van der Waals surface area contributed by atoms with Gasteiger partial charge in [0.05, 0.1) is 0 Å². The maximum atomic E-state index is 11.6. The Balaban J connectivity index is 1.76. The number of carbonyl (C=O) groups excluding carboxylic acids is 1. The van der Waals surface area contributed by atoms with E-state index >= 15 is 0 Å². The molecule has 1 fully saturated rings. The van der Waals surface area contributed by atoms with Gasteiger partial charge in [0, 0.05) is 25.1 Å². The van der Waals surface area contributed by atoms with Gasteiger partial charge in [0.25, 0.3) is 0 Å². The van der Waals surface area contributed by atoms with E-state index in [0.717, 1.165) is 13.1 Å². The molecule has 0 spiro atoms. The first-order chi connectivity index (χ1) is 10.6. The zero-order valence-electron chi connectivity index (χ0n) is 13.6. The van der Waals surface area contributed by atoms with Crippen LogP contribution >= 0.6 is 0 Å². The van der Waals surface area contributed by atoms with E-state index in [0.29, 0.717) is 30.2 Å². The third-order valence-electron chi connectivity index (χ3n) is 4.15. The van der Waals surface area contributed by atoms with Crippen LogP contribution in [-0.4, -0.2) is 48.1 Å². The molecule has 122 valence electrons. The zero-order chi connectivity index (χ0) is 15.9. The predicted octanol–water partition coefficient (Wildman–Crippen LogP) is 2.75. The van der Waals surface area contributed by atoms with Gasteiger partial charge in [0.2, 0.25) is 0 Å². The van der Waals surface area contributed by atoms with Gasteiger partial charge in [-0.1, -0.05) is 13.8 Å². The van der Waals surface area contributed by atoms with E-state index in [-0.39, 0.29) is 12.4 Å². The number of hydrogen-bond acceptors (Lipinski definition) is 4. The van der Waals surface area contributed by atoms with Gasteiger partial charge < -0.3 is 14.7 Å². The van der Waals surface area contributed by atoms with Gasteiger partial charge >= 0.3 is 0 Å². The van der Waals surface area contributed by atoms with Crippen LogP contribution in [0, 0.1) is 5.92 Å². The molecule has 0 saturated carbocycles. The fourth-order valence-electron chi connectivity index (χ4n) is 2.94. The molecule has 1 aromatic carbocycles. The molecule has 1 aliphatic rings. The summed E-state index contributed by atoms with van der Waals surface area (Å²) in [5.74, 6) is 1.54. The Kier molecular flexibility index (Phi) is 6.40. The van der Waals surface area contributed by atoms with Crippen molar-refractivity contribution < 1.29 is 14.6 Å². The van der Waals surface area contributed by atoms with E-state index < -0.39 is 6.10 Å². The minimum absolute atomic E-state index is 0.130. The van der Waals surface area contributed by atoms with Crippen LogP contribution in [0.5, 0.6) is 5.75 Å². The van der Waals surface area contributed by atoms with Gasteiger partial charge in [-0.15, -0.1) is 0 Å². The van der Waals surface area contributed by atoms with Crippen molar-refractivity contribution in [2.75, 3.05) is 26.2 Å². The first kappa shape index (κ1) is 17.0. The van der Waals surface area contributed by atoms with Crippen LogP contribution in [0.15, 0.2) is 24.3 Å². The number of aliphatic hydroxyl groups excluding tert-OH is 1. The summed E-state index contributed by atoms with van der Waals surface area (Å²) in [5.41, 5.74) is 0.706. The lowest BCUT2D eigenvalue weighted by molar-refractivity contribution is 0.0537. The maximum absolute atomic E-state index is 11.6. The summed E-state index contributed by atoms with van der Waals surface area (Å²) < 4.78 is 5.62. The summed E-state index contributed by atoms with van der Waals surface area (Å²) >= 11 is 0. The third-order valence-corrected chi connectivity index (χ3v) is 4.15. The average Bonchev–Trinajstić information content (AvgIpc) is 2.52. The molecule has 1 N–H and O–H groups in total. The molecular formula is C18H27NO3. The quantitative estimate of drug-likeness (QED) is 0.787. The van der Waals surface area contributed by atoms with Gasteiger partial charge in [-0.2, -0.15) is 0 Å². The lowest BCUT2D eigenvalue weighted by Gasteiger charge is -2.32. The standard InChI is InChI=1S/C18H27NO3/c1-3-18(21)15-6-8-17(9-7-15)22-13-16(20)12-19-10-4-5-14(2)11-19/h6-9,14,16,20H,3-5,10-13H2,1-2H3. The summed E-state index contributed by atoms with van der Waals surface area (Å²) in [6, 6.07) is 7.14. The van der Waals surface area contributed by atoms with Crippen molar-refractivity contribution >= 4 is 5.78 Å². The highest BCUT2D eigenvalue weighted by Crippen LogP contribution is 2.16. The molecule has 2 rings (SSSR count). The second-order valence-electron chi connectivity index (χ2n) is 6.27. The van der Waals surface area contributed by atoms with Crippen LogP contribution in [0.2, 0.25) is 0 Å². The van der Waals surface area contributed by atoms with Crippen molar-refractivity contribution in [3.05, 3.63) is 29.8 Å². The molecule has 4 nitrogen and oxygen atoms in total. The highest BCUT2D eigenvalue weighted by atomic mass is 16.5. The Morgan fingerprint density at radius 3 is 2.77 bits per heavy atom. The number of Topliss-reactive ketones (excluding diaryl/α,β-unsaturated/α-hetero) is 1. The van der Waals surface area contributed by atoms with E-state index in [1.54, 1.807) is 24.3 Å². The molecule has 0 radical (unpaired) electrons. The van der Waals surface area contributed by atoms with Crippen LogP contribution in [0.3, 0.4) is 0 Å². The van der Waals surface area contributed by atoms with Crippen molar-refractivity contribution in [3.63, 3.8) is 0 Å². The van der Waals surface area contributed by atoms with Gasteiger partial charge in [0.1, 0.15) is 18.5 Å². The lowest BCUT2D eigenvalue weighted by atomic mass is 10.0. The van der Waals surface area contributed by atoms with Crippen LogP contribution < -0.4 is 4.74 Å². The Morgan fingerprint density at radius 1 is 1.41 bits per heavy atom. The second-order valence-corrected chi connectivity index (χ2v) is 6.27. The van der Waals surface area contributed by atoms with Gasteiger partial charge in [-0.25, -0.2) is 0 Å².